The molecule has 3 aliphatic heterocycles. The van der Waals surface area contributed by atoms with Crippen LogP contribution >= 0.6 is 0 Å². The molecule has 0 amide bonds. The zero-order valence-corrected chi connectivity index (χ0v) is 14.5. The van der Waals surface area contributed by atoms with E-state index in [0.717, 1.165) is 32.4 Å². The highest BCUT2D eigenvalue weighted by molar-refractivity contribution is 5.85. The molecule has 26 heavy (non-hydrogen) atoms. The number of halogens is 1. The molecule has 3 aliphatic rings. The molecule has 0 spiro atoms. The number of hydrogen-bond acceptors (Lipinski definition) is 4. The highest BCUT2D eigenvalue weighted by Gasteiger charge is 2.45. The van der Waals surface area contributed by atoms with Gasteiger partial charge in [0.1, 0.15) is 5.82 Å². The van der Waals surface area contributed by atoms with Gasteiger partial charge in [0.2, 0.25) is 5.60 Å². The summed E-state index contributed by atoms with van der Waals surface area (Å²) < 4.78 is 19.1. The molecule has 136 valence electrons. The number of piperidine rings is 3. The average Bonchev–Trinajstić information content (AvgIpc) is 2.69. The van der Waals surface area contributed by atoms with E-state index in [0.29, 0.717) is 17.0 Å². The minimum atomic E-state index is -1.97. The van der Waals surface area contributed by atoms with Gasteiger partial charge in [-0.25, -0.2) is 9.18 Å². The van der Waals surface area contributed by atoms with Gasteiger partial charge in [-0.3, -0.25) is 4.90 Å². The van der Waals surface area contributed by atoms with E-state index in [1.54, 1.807) is 24.3 Å². The topological polar surface area (TPSA) is 49.8 Å². The monoisotopic (exact) mass is 355 g/mol. The summed E-state index contributed by atoms with van der Waals surface area (Å²) in [5.41, 5.74) is -1.26. The Hall–Kier alpha value is -2.24. The van der Waals surface area contributed by atoms with Crippen LogP contribution in [0.4, 0.5) is 4.39 Å². The Morgan fingerprint density at radius 2 is 1.65 bits per heavy atom. The van der Waals surface area contributed by atoms with Crippen LogP contribution in [0.3, 0.4) is 0 Å². The molecule has 0 radical (unpaired) electrons. The third-order valence-corrected chi connectivity index (χ3v) is 5.58. The normalized spacial score (nSPS) is 26.9. The van der Waals surface area contributed by atoms with Crippen molar-refractivity contribution in [2.24, 2.45) is 5.92 Å². The van der Waals surface area contributed by atoms with E-state index >= 15 is 0 Å². The fraction of sp³-hybridized carbons (Fsp3) is 0.381. The molecule has 2 aromatic carbocycles. The lowest BCUT2D eigenvalue weighted by molar-refractivity contribution is -0.187. The first kappa shape index (κ1) is 17.2. The van der Waals surface area contributed by atoms with Crippen LogP contribution in [0.15, 0.2) is 54.6 Å². The molecule has 5 heteroatoms. The van der Waals surface area contributed by atoms with E-state index in [2.05, 4.69) is 4.90 Å². The Balaban J connectivity index is 1.66. The van der Waals surface area contributed by atoms with Gasteiger partial charge in [0.15, 0.2) is 6.23 Å². The van der Waals surface area contributed by atoms with Crippen LogP contribution in [0, 0.1) is 11.7 Å². The van der Waals surface area contributed by atoms with Gasteiger partial charge in [-0.1, -0.05) is 42.5 Å². The Labute approximate surface area is 152 Å². The van der Waals surface area contributed by atoms with Gasteiger partial charge in [-0.05, 0) is 42.0 Å². The zero-order valence-electron chi connectivity index (χ0n) is 14.5. The van der Waals surface area contributed by atoms with Crippen molar-refractivity contribution in [2.75, 3.05) is 13.1 Å². The summed E-state index contributed by atoms with van der Waals surface area (Å²) >= 11 is 0. The first-order valence-electron chi connectivity index (χ1n) is 9.06. The number of esters is 1. The van der Waals surface area contributed by atoms with Crippen molar-refractivity contribution in [1.82, 2.24) is 4.90 Å². The van der Waals surface area contributed by atoms with E-state index < -0.39 is 17.4 Å². The number of aliphatic hydroxyl groups is 1. The lowest BCUT2D eigenvalue weighted by Crippen LogP contribution is -2.52. The second-order valence-electron chi connectivity index (χ2n) is 7.16. The standard InChI is InChI=1S/C21H22FNO3/c22-18-8-6-17(7-9-18)21(25,16-4-2-1-3-5-16)20(24)26-19-14-15-10-12-23(19)13-11-15/h1-9,15,19,25H,10-14H2. The van der Waals surface area contributed by atoms with Crippen LogP contribution in [0.5, 0.6) is 0 Å². The van der Waals surface area contributed by atoms with Crippen LogP contribution in [0.2, 0.25) is 0 Å². The van der Waals surface area contributed by atoms with Gasteiger partial charge in [0, 0.05) is 19.5 Å². The molecule has 3 heterocycles. The highest BCUT2D eigenvalue weighted by atomic mass is 19.1. The fourth-order valence-electron chi connectivity index (χ4n) is 4.02. The van der Waals surface area contributed by atoms with E-state index in [9.17, 15) is 14.3 Å². The van der Waals surface area contributed by atoms with Gasteiger partial charge in [-0.2, -0.15) is 0 Å². The summed E-state index contributed by atoms with van der Waals surface area (Å²) in [5.74, 6) is -0.561. The molecule has 3 saturated heterocycles. The predicted molar refractivity (Wildman–Crippen MR) is 94.6 cm³/mol. The van der Waals surface area contributed by atoms with Crippen LogP contribution in [-0.4, -0.2) is 35.3 Å². The van der Waals surface area contributed by atoms with Gasteiger partial charge >= 0.3 is 5.97 Å². The summed E-state index contributed by atoms with van der Waals surface area (Å²) in [7, 11) is 0. The van der Waals surface area contributed by atoms with Gasteiger partial charge in [-0.15, -0.1) is 0 Å². The number of carbonyl (C=O) groups is 1. The average molecular weight is 355 g/mol. The summed E-state index contributed by atoms with van der Waals surface area (Å²) in [5, 5.41) is 11.4. The molecule has 4 nitrogen and oxygen atoms in total. The van der Waals surface area contributed by atoms with E-state index in [-0.39, 0.29) is 6.23 Å². The number of hydrogen-bond donors (Lipinski definition) is 1. The number of fused-ring (bicyclic) bond motifs is 3. The molecule has 1 N–H and O–H groups in total. The molecule has 0 saturated carbocycles. The summed E-state index contributed by atoms with van der Waals surface area (Å²) in [6.07, 6.45) is 2.77. The Morgan fingerprint density at radius 3 is 2.23 bits per heavy atom. The maximum Gasteiger partial charge on any atom is 0.349 e. The van der Waals surface area contributed by atoms with Crippen molar-refractivity contribution >= 4 is 5.97 Å². The summed E-state index contributed by atoms with van der Waals surface area (Å²) in [4.78, 5) is 15.3. The third kappa shape index (κ3) is 3.02. The van der Waals surface area contributed by atoms with Crippen LogP contribution < -0.4 is 0 Å². The molecular weight excluding hydrogens is 333 g/mol. The van der Waals surface area contributed by atoms with Gasteiger partial charge in [0.05, 0.1) is 0 Å². The van der Waals surface area contributed by atoms with Crippen molar-refractivity contribution in [3.8, 4) is 0 Å². The zero-order chi connectivity index (χ0) is 18.1. The first-order valence-corrected chi connectivity index (χ1v) is 9.06. The molecule has 2 unspecified atom stereocenters. The molecule has 2 aromatic rings. The van der Waals surface area contributed by atoms with Gasteiger partial charge in [0.25, 0.3) is 0 Å². The number of nitrogens with zero attached hydrogens (tertiary/aromatic N) is 1. The number of benzene rings is 2. The van der Waals surface area contributed by atoms with Crippen LogP contribution in [0.1, 0.15) is 30.4 Å². The summed E-state index contributed by atoms with van der Waals surface area (Å²) in [6, 6.07) is 14.0. The largest absolute Gasteiger partial charge is 0.444 e. The minimum absolute atomic E-state index is 0.297. The van der Waals surface area contributed by atoms with Gasteiger partial charge < -0.3 is 9.84 Å². The maximum atomic E-state index is 13.3. The van der Waals surface area contributed by atoms with E-state index in [1.165, 1.54) is 24.3 Å². The second kappa shape index (κ2) is 6.82. The van der Waals surface area contributed by atoms with E-state index in [4.69, 9.17) is 4.74 Å². The Bertz CT molecular complexity index is 772. The molecular formula is C21H22FNO3. The fourth-order valence-corrected chi connectivity index (χ4v) is 4.02. The first-order chi connectivity index (χ1) is 12.6. The number of carbonyl (C=O) groups excluding carboxylic acids is 1. The van der Waals surface area contributed by atoms with Crippen molar-refractivity contribution in [3.05, 3.63) is 71.5 Å². The molecule has 0 aromatic heterocycles. The SMILES string of the molecule is O=C(OC1CC2CCN1CC2)C(O)(c1ccccc1)c1ccc(F)cc1. The highest BCUT2D eigenvalue weighted by Crippen LogP contribution is 2.36. The van der Waals surface area contributed by atoms with Crippen LogP contribution in [-0.2, 0) is 15.1 Å². The Morgan fingerprint density at radius 1 is 1.04 bits per heavy atom. The lowest BCUT2D eigenvalue weighted by Gasteiger charge is -2.45. The molecule has 3 fully saturated rings. The predicted octanol–water partition coefficient (Wildman–Crippen LogP) is 3.05. The van der Waals surface area contributed by atoms with E-state index in [1.807, 2.05) is 6.07 Å². The van der Waals surface area contributed by atoms with Crippen molar-refractivity contribution < 1.29 is 19.0 Å². The smallest absolute Gasteiger partial charge is 0.349 e. The molecule has 0 aliphatic carbocycles. The maximum absolute atomic E-state index is 13.3. The molecule has 5 rings (SSSR count). The number of rotatable bonds is 4. The number of ether oxygens (including phenoxy) is 1. The third-order valence-electron chi connectivity index (χ3n) is 5.58. The molecule has 2 atom stereocenters. The van der Waals surface area contributed by atoms with Crippen molar-refractivity contribution in [1.29, 1.82) is 0 Å². The minimum Gasteiger partial charge on any atom is -0.444 e. The van der Waals surface area contributed by atoms with Crippen molar-refractivity contribution in [3.63, 3.8) is 0 Å². The summed E-state index contributed by atoms with van der Waals surface area (Å²) in [6.45, 7) is 1.84. The van der Waals surface area contributed by atoms with Crippen molar-refractivity contribution in [2.45, 2.75) is 31.1 Å². The van der Waals surface area contributed by atoms with Crippen LogP contribution in [0.25, 0.3) is 0 Å². The lowest BCUT2D eigenvalue weighted by atomic mass is 9.85. The molecule has 2 bridgehead atoms. The second-order valence-corrected chi connectivity index (χ2v) is 7.16. The Kier molecular flexibility index (Phi) is 4.51. The quantitative estimate of drug-likeness (QED) is 0.857.